The molecule has 8 heteroatoms. The summed E-state index contributed by atoms with van der Waals surface area (Å²) in [5.41, 5.74) is 1.96. The normalized spacial score (nSPS) is 15.8. The number of ether oxygens (including phenoxy) is 1. The van der Waals surface area contributed by atoms with E-state index < -0.39 is 10.0 Å². The second-order valence-electron chi connectivity index (χ2n) is 6.64. The van der Waals surface area contributed by atoms with Crippen molar-refractivity contribution < 1.29 is 17.9 Å². The minimum Gasteiger partial charge on any atom is -0.379 e. The first-order valence-electron chi connectivity index (χ1n) is 9.02. The van der Waals surface area contributed by atoms with E-state index in [-0.39, 0.29) is 10.8 Å². The Morgan fingerprint density at radius 3 is 2.50 bits per heavy atom. The molecule has 150 valence electrons. The van der Waals surface area contributed by atoms with Crippen LogP contribution in [0.25, 0.3) is 6.08 Å². The molecule has 0 unspecified atom stereocenters. The SMILES string of the molecule is Cc1ccsc1CN(C)C(=O)/C=C/c1ccc(S(=O)(=O)N2CCOCC2)cc1. The van der Waals surface area contributed by atoms with Crippen LogP contribution in [0.2, 0.25) is 0 Å². The van der Waals surface area contributed by atoms with Gasteiger partial charge < -0.3 is 9.64 Å². The van der Waals surface area contributed by atoms with Gasteiger partial charge in [-0.25, -0.2) is 8.42 Å². The lowest BCUT2D eigenvalue weighted by Gasteiger charge is -2.26. The molecule has 1 amide bonds. The molecule has 0 aliphatic carbocycles. The van der Waals surface area contributed by atoms with Crippen molar-refractivity contribution in [3.8, 4) is 0 Å². The minimum atomic E-state index is -3.50. The van der Waals surface area contributed by atoms with Crippen LogP contribution in [0, 0.1) is 6.92 Å². The van der Waals surface area contributed by atoms with Gasteiger partial charge in [-0.2, -0.15) is 4.31 Å². The third kappa shape index (κ3) is 4.88. The molecule has 0 atom stereocenters. The van der Waals surface area contributed by atoms with Crippen LogP contribution in [0.5, 0.6) is 0 Å². The summed E-state index contributed by atoms with van der Waals surface area (Å²) < 4.78 is 31.9. The molecule has 2 heterocycles. The van der Waals surface area contributed by atoms with E-state index in [1.54, 1.807) is 53.6 Å². The van der Waals surface area contributed by atoms with Gasteiger partial charge in [-0.3, -0.25) is 4.79 Å². The Balaban J connectivity index is 1.63. The van der Waals surface area contributed by atoms with Gasteiger partial charge in [0.2, 0.25) is 15.9 Å². The van der Waals surface area contributed by atoms with Crippen LogP contribution in [0.1, 0.15) is 16.0 Å². The Bertz CT molecular complexity index is 943. The molecule has 0 N–H and O–H groups in total. The predicted molar refractivity (Wildman–Crippen MR) is 111 cm³/mol. The molecule has 0 spiro atoms. The number of nitrogens with zero attached hydrogens (tertiary/aromatic N) is 2. The highest BCUT2D eigenvalue weighted by molar-refractivity contribution is 7.89. The largest absolute Gasteiger partial charge is 0.379 e. The van der Waals surface area contributed by atoms with Crippen molar-refractivity contribution in [2.45, 2.75) is 18.4 Å². The van der Waals surface area contributed by atoms with Gasteiger partial charge in [-0.15, -0.1) is 11.3 Å². The molecule has 1 aromatic carbocycles. The first-order valence-corrected chi connectivity index (χ1v) is 11.3. The molecule has 1 aliphatic rings. The molecule has 1 fully saturated rings. The average Bonchev–Trinajstić information content (AvgIpc) is 3.11. The van der Waals surface area contributed by atoms with Gasteiger partial charge in [0.15, 0.2) is 0 Å². The fourth-order valence-electron chi connectivity index (χ4n) is 2.84. The lowest BCUT2D eigenvalue weighted by molar-refractivity contribution is -0.125. The number of carbonyl (C=O) groups is 1. The van der Waals surface area contributed by atoms with Crippen molar-refractivity contribution in [3.05, 3.63) is 57.8 Å². The molecule has 3 rings (SSSR count). The van der Waals surface area contributed by atoms with Crippen molar-refractivity contribution >= 4 is 33.3 Å². The second-order valence-corrected chi connectivity index (χ2v) is 9.58. The standard InChI is InChI=1S/C20H24N2O4S2/c1-16-9-14-27-19(16)15-21(2)20(23)8-5-17-3-6-18(7-4-17)28(24,25)22-10-12-26-13-11-22/h3-9,14H,10-13,15H2,1-2H3/b8-5+. The number of carbonyl (C=O) groups excluding carboxylic acids is 1. The minimum absolute atomic E-state index is 0.0992. The summed E-state index contributed by atoms with van der Waals surface area (Å²) in [6.45, 7) is 4.18. The maximum atomic E-state index is 12.6. The number of hydrogen-bond donors (Lipinski definition) is 0. The molecule has 0 radical (unpaired) electrons. The van der Waals surface area contributed by atoms with E-state index in [2.05, 4.69) is 0 Å². The van der Waals surface area contributed by atoms with Gasteiger partial charge in [0.05, 0.1) is 24.7 Å². The van der Waals surface area contributed by atoms with Gasteiger partial charge in [-0.1, -0.05) is 12.1 Å². The first-order chi connectivity index (χ1) is 13.4. The fourth-order valence-corrected chi connectivity index (χ4v) is 5.21. The summed E-state index contributed by atoms with van der Waals surface area (Å²) in [5, 5.41) is 2.02. The van der Waals surface area contributed by atoms with Gasteiger partial charge in [-0.05, 0) is 47.7 Å². The molecule has 1 aliphatic heterocycles. The van der Waals surface area contributed by atoms with E-state index in [1.807, 2.05) is 18.4 Å². The smallest absolute Gasteiger partial charge is 0.246 e. The van der Waals surface area contributed by atoms with Gasteiger partial charge in [0.1, 0.15) is 0 Å². The Morgan fingerprint density at radius 2 is 1.89 bits per heavy atom. The molecule has 1 aromatic heterocycles. The highest BCUT2D eigenvalue weighted by atomic mass is 32.2. The van der Waals surface area contributed by atoms with Crippen LogP contribution in [0.15, 0.2) is 46.7 Å². The molecular weight excluding hydrogens is 396 g/mol. The third-order valence-corrected chi connectivity index (χ3v) is 7.55. The Kier molecular flexibility index (Phi) is 6.66. The van der Waals surface area contributed by atoms with Crippen LogP contribution in [0.4, 0.5) is 0 Å². The zero-order valence-corrected chi connectivity index (χ0v) is 17.6. The van der Waals surface area contributed by atoms with Crippen LogP contribution < -0.4 is 0 Å². The fraction of sp³-hybridized carbons (Fsp3) is 0.350. The van der Waals surface area contributed by atoms with Gasteiger partial charge >= 0.3 is 0 Å². The number of morpholine rings is 1. The third-order valence-electron chi connectivity index (χ3n) is 4.63. The van der Waals surface area contributed by atoms with Gasteiger partial charge in [0.25, 0.3) is 0 Å². The van der Waals surface area contributed by atoms with E-state index in [1.165, 1.54) is 20.8 Å². The number of likely N-dealkylation sites (N-methyl/N-ethyl adjacent to an activating group) is 1. The van der Waals surface area contributed by atoms with Crippen molar-refractivity contribution in [3.63, 3.8) is 0 Å². The molecule has 6 nitrogen and oxygen atoms in total. The van der Waals surface area contributed by atoms with Crippen LogP contribution in [-0.2, 0) is 26.1 Å². The van der Waals surface area contributed by atoms with Crippen LogP contribution in [-0.4, -0.2) is 56.9 Å². The number of aryl methyl sites for hydroxylation is 1. The Morgan fingerprint density at radius 1 is 1.21 bits per heavy atom. The molecule has 2 aromatic rings. The summed E-state index contributed by atoms with van der Waals surface area (Å²) in [6, 6.07) is 8.61. The van der Waals surface area contributed by atoms with E-state index in [4.69, 9.17) is 4.74 Å². The van der Waals surface area contributed by atoms with Crippen molar-refractivity contribution in [1.29, 1.82) is 0 Å². The highest BCUT2D eigenvalue weighted by Gasteiger charge is 2.25. The van der Waals surface area contributed by atoms with Crippen molar-refractivity contribution in [2.75, 3.05) is 33.4 Å². The molecule has 1 saturated heterocycles. The maximum absolute atomic E-state index is 12.6. The van der Waals surface area contributed by atoms with Crippen molar-refractivity contribution in [1.82, 2.24) is 9.21 Å². The highest BCUT2D eigenvalue weighted by Crippen LogP contribution is 2.19. The van der Waals surface area contributed by atoms with E-state index in [0.29, 0.717) is 32.8 Å². The lowest BCUT2D eigenvalue weighted by atomic mass is 10.2. The Labute approximate surface area is 170 Å². The Hall–Kier alpha value is -2.00. The molecule has 28 heavy (non-hydrogen) atoms. The quantitative estimate of drug-likeness (QED) is 0.674. The topological polar surface area (TPSA) is 66.9 Å². The second kappa shape index (κ2) is 9.00. The predicted octanol–water partition coefficient (Wildman–Crippen LogP) is 2.75. The summed E-state index contributed by atoms with van der Waals surface area (Å²) in [4.78, 5) is 15.4. The maximum Gasteiger partial charge on any atom is 0.246 e. The number of hydrogen-bond acceptors (Lipinski definition) is 5. The van der Waals surface area contributed by atoms with Crippen molar-refractivity contribution in [2.24, 2.45) is 0 Å². The zero-order chi connectivity index (χ0) is 20.1. The number of sulfonamides is 1. The van der Waals surface area contributed by atoms with E-state index in [0.717, 1.165) is 5.56 Å². The van der Waals surface area contributed by atoms with E-state index in [9.17, 15) is 13.2 Å². The zero-order valence-electron chi connectivity index (χ0n) is 16.0. The molecule has 0 bridgehead atoms. The van der Waals surface area contributed by atoms with Crippen LogP contribution >= 0.6 is 11.3 Å². The summed E-state index contributed by atoms with van der Waals surface area (Å²) >= 11 is 1.64. The number of benzene rings is 1. The molecular formula is C20H24N2O4S2. The lowest BCUT2D eigenvalue weighted by Crippen LogP contribution is -2.40. The first kappa shape index (κ1) is 20.7. The summed E-state index contributed by atoms with van der Waals surface area (Å²) in [5.74, 6) is -0.0992. The summed E-state index contributed by atoms with van der Waals surface area (Å²) in [6.07, 6.45) is 3.21. The van der Waals surface area contributed by atoms with Crippen LogP contribution in [0.3, 0.4) is 0 Å². The number of thiophene rings is 1. The number of rotatable bonds is 6. The molecule has 0 saturated carbocycles. The summed E-state index contributed by atoms with van der Waals surface area (Å²) in [7, 11) is -1.73. The monoisotopic (exact) mass is 420 g/mol. The average molecular weight is 421 g/mol. The van der Waals surface area contributed by atoms with Gasteiger partial charge in [0, 0.05) is 31.1 Å². The van der Waals surface area contributed by atoms with E-state index >= 15 is 0 Å². The number of amides is 1.